The van der Waals surface area contributed by atoms with Gasteiger partial charge in [0.25, 0.3) is 0 Å². The lowest BCUT2D eigenvalue weighted by atomic mass is 9.91. The fourth-order valence-electron chi connectivity index (χ4n) is 3.24. The maximum absolute atomic E-state index is 12.0. The van der Waals surface area contributed by atoms with Gasteiger partial charge in [-0.15, -0.1) is 0 Å². The summed E-state index contributed by atoms with van der Waals surface area (Å²) in [6, 6.07) is 7.50. The third kappa shape index (κ3) is 3.58. The van der Waals surface area contributed by atoms with Crippen molar-refractivity contribution in [1.29, 1.82) is 0 Å². The minimum atomic E-state index is -3.34. The van der Waals surface area contributed by atoms with E-state index in [1.54, 1.807) is 26.2 Å². The van der Waals surface area contributed by atoms with Crippen molar-refractivity contribution in [2.24, 2.45) is 11.3 Å². The Morgan fingerprint density at radius 1 is 1.14 bits per heavy atom. The zero-order valence-electron chi connectivity index (χ0n) is 13.6. The summed E-state index contributed by atoms with van der Waals surface area (Å²) in [4.78, 5) is 0.331. The number of nitrogens with zero attached hydrogens (tertiary/aromatic N) is 1. The summed E-state index contributed by atoms with van der Waals surface area (Å²) >= 11 is 0. The lowest BCUT2D eigenvalue weighted by Crippen LogP contribution is -2.23. The Kier molecular flexibility index (Phi) is 4.36. The number of anilines is 1. The molecule has 21 heavy (non-hydrogen) atoms. The third-order valence-corrected chi connectivity index (χ3v) is 6.15. The van der Waals surface area contributed by atoms with Gasteiger partial charge in [-0.3, -0.25) is 0 Å². The van der Waals surface area contributed by atoms with Crippen LogP contribution in [0.5, 0.6) is 0 Å². The van der Waals surface area contributed by atoms with E-state index in [1.807, 2.05) is 12.1 Å². The monoisotopic (exact) mass is 310 g/mol. The van der Waals surface area contributed by atoms with E-state index in [9.17, 15) is 8.42 Å². The Morgan fingerprint density at radius 2 is 1.71 bits per heavy atom. The van der Waals surface area contributed by atoms with Gasteiger partial charge in [0, 0.05) is 25.8 Å². The molecular weight excluding hydrogens is 284 g/mol. The summed E-state index contributed by atoms with van der Waals surface area (Å²) in [7, 11) is -0.254. The van der Waals surface area contributed by atoms with E-state index < -0.39 is 10.0 Å². The van der Waals surface area contributed by atoms with E-state index in [2.05, 4.69) is 26.1 Å². The van der Waals surface area contributed by atoms with Crippen molar-refractivity contribution in [3.8, 4) is 0 Å². The highest BCUT2D eigenvalue weighted by molar-refractivity contribution is 7.89. The molecule has 0 radical (unpaired) electrons. The van der Waals surface area contributed by atoms with Gasteiger partial charge in [-0.1, -0.05) is 20.8 Å². The molecule has 1 aliphatic rings. The molecule has 4 nitrogen and oxygen atoms in total. The average molecular weight is 310 g/mol. The fraction of sp³-hybridized carbons (Fsp3) is 0.625. The first-order valence-corrected chi connectivity index (χ1v) is 8.85. The van der Waals surface area contributed by atoms with Crippen LogP contribution >= 0.6 is 0 Å². The molecule has 0 aromatic heterocycles. The van der Waals surface area contributed by atoms with E-state index in [4.69, 9.17) is 0 Å². The second-order valence-electron chi connectivity index (χ2n) is 7.11. The van der Waals surface area contributed by atoms with Crippen molar-refractivity contribution < 1.29 is 8.42 Å². The summed E-state index contributed by atoms with van der Waals surface area (Å²) in [6.07, 6.45) is 2.36. The normalized spacial score (nSPS) is 25.2. The van der Waals surface area contributed by atoms with Crippen molar-refractivity contribution >= 4 is 15.7 Å². The Balaban J connectivity index is 2.11. The van der Waals surface area contributed by atoms with Crippen LogP contribution in [0.15, 0.2) is 29.2 Å². The molecule has 1 aromatic carbocycles. The average Bonchev–Trinajstić information content (AvgIpc) is 2.62. The summed E-state index contributed by atoms with van der Waals surface area (Å²) in [5.41, 5.74) is 1.37. The number of benzene rings is 1. The number of hydrogen-bond donors (Lipinski definition) is 1. The van der Waals surface area contributed by atoms with Gasteiger partial charge >= 0.3 is 0 Å². The standard InChI is InChI=1S/C16H26N2O2S/c1-12-10-16(2,3)11-15(12)17-13-6-8-14(9-7-13)21(19,20)18(4)5/h6-9,12,15,17H,10-11H2,1-5H3. The topological polar surface area (TPSA) is 49.4 Å². The highest BCUT2D eigenvalue weighted by atomic mass is 32.2. The summed E-state index contributed by atoms with van der Waals surface area (Å²) in [5, 5.41) is 3.55. The van der Waals surface area contributed by atoms with Crippen LogP contribution in [0.2, 0.25) is 0 Å². The predicted octanol–water partition coefficient (Wildman–Crippen LogP) is 3.17. The molecule has 0 heterocycles. The number of hydrogen-bond acceptors (Lipinski definition) is 3. The Labute approximate surface area is 128 Å². The molecule has 0 spiro atoms. The molecule has 0 amide bonds. The largest absolute Gasteiger partial charge is 0.382 e. The van der Waals surface area contributed by atoms with Crippen LogP contribution in [0, 0.1) is 11.3 Å². The van der Waals surface area contributed by atoms with Crippen molar-refractivity contribution in [2.75, 3.05) is 19.4 Å². The Hall–Kier alpha value is -1.07. The summed E-state index contributed by atoms with van der Waals surface area (Å²) < 4.78 is 25.3. The first-order chi connectivity index (χ1) is 9.62. The Morgan fingerprint density at radius 3 is 2.14 bits per heavy atom. The summed E-state index contributed by atoms with van der Waals surface area (Å²) in [6.45, 7) is 6.88. The number of sulfonamides is 1. The molecule has 0 bridgehead atoms. The van der Waals surface area contributed by atoms with Gasteiger partial charge in [-0.05, 0) is 48.4 Å². The second kappa shape index (κ2) is 5.61. The van der Waals surface area contributed by atoms with Crippen molar-refractivity contribution in [1.82, 2.24) is 4.31 Å². The predicted molar refractivity (Wildman–Crippen MR) is 86.9 cm³/mol. The lowest BCUT2D eigenvalue weighted by Gasteiger charge is -2.20. The molecule has 1 fully saturated rings. The minimum absolute atomic E-state index is 0.331. The molecule has 1 aliphatic carbocycles. The van der Waals surface area contributed by atoms with Crippen LogP contribution in [-0.2, 0) is 10.0 Å². The van der Waals surface area contributed by atoms with E-state index in [-0.39, 0.29) is 0 Å². The molecule has 0 aliphatic heterocycles. The van der Waals surface area contributed by atoms with Gasteiger partial charge in [-0.25, -0.2) is 12.7 Å². The van der Waals surface area contributed by atoms with Crippen LogP contribution in [0.4, 0.5) is 5.69 Å². The summed E-state index contributed by atoms with van der Waals surface area (Å²) in [5.74, 6) is 0.630. The molecule has 1 N–H and O–H groups in total. The molecule has 2 unspecified atom stereocenters. The molecule has 5 heteroatoms. The third-order valence-electron chi connectivity index (χ3n) is 4.32. The SMILES string of the molecule is CC1CC(C)(C)CC1Nc1ccc(S(=O)(=O)N(C)C)cc1. The zero-order chi connectivity index (χ0) is 15.8. The molecule has 2 atom stereocenters. The van der Waals surface area contributed by atoms with Gasteiger partial charge in [-0.2, -0.15) is 0 Å². The van der Waals surface area contributed by atoms with Gasteiger partial charge in [0.15, 0.2) is 0 Å². The molecule has 1 aromatic rings. The van der Waals surface area contributed by atoms with Crippen LogP contribution in [0.1, 0.15) is 33.6 Å². The molecule has 0 saturated heterocycles. The van der Waals surface area contributed by atoms with E-state index in [1.165, 1.54) is 10.7 Å². The number of rotatable bonds is 4. The Bertz CT molecular complexity index is 591. The van der Waals surface area contributed by atoms with Crippen molar-refractivity contribution in [2.45, 2.75) is 44.6 Å². The van der Waals surface area contributed by atoms with Crippen LogP contribution < -0.4 is 5.32 Å². The van der Waals surface area contributed by atoms with Crippen molar-refractivity contribution in [3.63, 3.8) is 0 Å². The van der Waals surface area contributed by atoms with E-state index in [0.717, 1.165) is 12.1 Å². The van der Waals surface area contributed by atoms with Crippen molar-refractivity contribution in [3.05, 3.63) is 24.3 Å². The van der Waals surface area contributed by atoms with Crippen LogP contribution in [0.3, 0.4) is 0 Å². The van der Waals surface area contributed by atoms with E-state index in [0.29, 0.717) is 22.3 Å². The lowest BCUT2D eigenvalue weighted by molar-refractivity contribution is 0.366. The first-order valence-electron chi connectivity index (χ1n) is 7.41. The highest BCUT2D eigenvalue weighted by Crippen LogP contribution is 2.42. The van der Waals surface area contributed by atoms with Crippen LogP contribution in [0.25, 0.3) is 0 Å². The quantitative estimate of drug-likeness (QED) is 0.929. The highest BCUT2D eigenvalue weighted by Gasteiger charge is 2.36. The smallest absolute Gasteiger partial charge is 0.242 e. The van der Waals surface area contributed by atoms with Gasteiger partial charge in [0.2, 0.25) is 10.0 Å². The van der Waals surface area contributed by atoms with Gasteiger partial charge in [0.05, 0.1) is 4.90 Å². The van der Waals surface area contributed by atoms with Gasteiger partial charge < -0.3 is 5.32 Å². The van der Waals surface area contributed by atoms with Crippen LogP contribution in [-0.4, -0.2) is 32.9 Å². The molecule has 118 valence electrons. The fourth-order valence-corrected chi connectivity index (χ4v) is 4.14. The molecule has 2 rings (SSSR count). The zero-order valence-corrected chi connectivity index (χ0v) is 14.4. The first kappa shape index (κ1) is 16.3. The molecule has 1 saturated carbocycles. The van der Waals surface area contributed by atoms with Gasteiger partial charge in [0.1, 0.15) is 0 Å². The van der Waals surface area contributed by atoms with E-state index >= 15 is 0 Å². The maximum atomic E-state index is 12.0. The second-order valence-corrected chi connectivity index (χ2v) is 9.26. The minimum Gasteiger partial charge on any atom is -0.382 e. The maximum Gasteiger partial charge on any atom is 0.242 e. The number of nitrogens with one attached hydrogen (secondary N) is 1. The molecular formula is C16H26N2O2S.